The van der Waals surface area contributed by atoms with Gasteiger partial charge in [0.15, 0.2) is 0 Å². The van der Waals surface area contributed by atoms with Crippen LogP contribution in [0.1, 0.15) is 0 Å². The molecule has 1 aliphatic rings. The van der Waals surface area contributed by atoms with Crippen molar-refractivity contribution < 1.29 is 84.2 Å². The Balaban J connectivity index is 4.09. The summed E-state index contributed by atoms with van der Waals surface area (Å²) in [7, 11) is 0. The van der Waals surface area contributed by atoms with E-state index in [1.165, 1.54) is 4.74 Å². The van der Waals surface area contributed by atoms with Gasteiger partial charge in [0.05, 0.1) is 0 Å². The van der Waals surface area contributed by atoms with Gasteiger partial charge >= 0.3 is 54.2 Å². The molecule has 172 valence electrons. The molecule has 0 N–H and O–H groups in total. The zero-order chi connectivity index (χ0) is 23.9. The highest BCUT2D eigenvalue weighted by molar-refractivity contribution is 5.77. The summed E-state index contributed by atoms with van der Waals surface area (Å²) in [6, 6.07) is -28.9. The highest BCUT2D eigenvalue weighted by atomic mass is 19.4. The quantitative estimate of drug-likeness (QED) is 0.336. The van der Waals surface area contributed by atoms with Crippen LogP contribution in [0.5, 0.6) is 0 Å². The van der Waals surface area contributed by atoms with Crippen molar-refractivity contribution in [3.63, 3.8) is 0 Å². The van der Waals surface area contributed by atoms with Gasteiger partial charge in [0.1, 0.15) is 0 Å². The molecule has 0 aliphatic carbocycles. The molecule has 20 heteroatoms. The van der Waals surface area contributed by atoms with E-state index in [9.17, 15) is 79.4 Å². The molecule has 0 radical (unpaired) electrons. The molecule has 0 aromatic heterocycles. The van der Waals surface area contributed by atoms with E-state index in [4.69, 9.17) is 0 Å². The van der Waals surface area contributed by atoms with E-state index in [0.717, 1.165) is 0 Å². The summed E-state index contributed by atoms with van der Waals surface area (Å²) in [5.74, 6) is -23.1. The number of alkyl halides is 16. The van der Waals surface area contributed by atoms with Gasteiger partial charge in [0.2, 0.25) is 0 Å². The van der Waals surface area contributed by atoms with E-state index in [-0.39, 0.29) is 0 Å². The highest BCUT2D eigenvalue weighted by Gasteiger charge is 2.96. The normalized spacial score (nSPS) is 31.6. The topological polar surface area (TPSA) is 29.5 Å². The second-order valence-electron chi connectivity index (χ2n) is 5.10. The second-order valence-corrected chi connectivity index (χ2v) is 5.10. The third-order valence-electron chi connectivity index (χ3n) is 3.25. The summed E-state index contributed by atoms with van der Waals surface area (Å²) >= 11 is 0. The number of hydrogen-bond donors (Lipinski definition) is 0. The average molecular weight is 477 g/mol. The van der Waals surface area contributed by atoms with Gasteiger partial charge in [-0.05, 0) is 0 Å². The lowest BCUT2D eigenvalue weighted by Crippen LogP contribution is -2.86. The fourth-order valence-corrected chi connectivity index (χ4v) is 1.85. The molecular formula is C9F17NO2. The summed E-state index contributed by atoms with van der Waals surface area (Å²) in [5.41, 5.74) is 0. The number of nitrogens with zero attached hydrogens (tertiary/aromatic N) is 1. The van der Waals surface area contributed by atoms with Gasteiger partial charge in [-0.1, -0.05) is 0 Å². The average Bonchev–Trinajstić information content (AvgIpc) is 2.41. The number of carbonyl (C=O) groups excluding carboxylic acids is 1. The van der Waals surface area contributed by atoms with Gasteiger partial charge in [-0.15, -0.1) is 4.90 Å². The number of halogens is 17. The van der Waals surface area contributed by atoms with Crippen molar-refractivity contribution >= 4 is 6.04 Å². The largest absolute Gasteiger partial charge is 0.456 e. The lowest BCUT2D eigenvalue weighted by atomic mass is 10.0. The lowest BCUT2D eigenvalue weighted by Gasteiger charge is -2.54. The molecule has 1 rings (SSSR count). The summed E-state index contributed by atoms with van der Waals surface area (Å²) in [6.45, 7) is 0. The van der Waals surface area contributed by atoms with E-state index >= 15 is 0 Å². The number of hydrogen-bond acceptors (Lipinski definition) is 3. The minimum Gasteiger partial charge on any atom is -0.282 e. The van der Waals surface area contributed by atoms with Gasteiger partial charge in [0.25, 0.3) is 0 Å². The van der Waals surface area contributed by atoms with Crippen LogP contribution in [-0.4, -0.2) is 59.1 Å². The molecular weight excluding hydrogens is 477 g/mol. The van der Waals surface area contributed by atoms with Crippen LogP contribution in [0.4, 0.5) is 74.6 Å². The van der Waals surface area contributed by atoms with Gasteiger partial charge < -0.3 is 0 Å². The van der Waals surface area contributed by atoms with Crippen LogP contribution in [0.3, 0.4) is 0 Å². The van der Waals surface area contributed by atoms with E-state index in [0.29, 0.717) is 0 Å². The summed E-state index contributed by atoms with van der Waals surface area (Å²) in [4.78, 5) is 5.27. The Morgan fingerprint density at radius 3 is 1.14 bits per heavy atom. The van der Waals surface area contributed by atoms with Crippen molar-refractivity contribution in [1.29, 1.82) is 0 Å². The van der Waals surface area contributed by atoms with Gasteiger partial charge in [-0.25, -0.2) is 0 Å². The third kappa shape index (κ3) is 2.92. The van der Waals surface area contributed by atoms with Crippen molar-refractivity contribution in [1.82, 2.24) is 4.90 Å². The molecule has 0 aromatic rings. The molecule has 2 atom stereocenters. The first-order valence-electron chi connectivity index (χ1n) is 6.00. The fraction of sp³-hybridized carbons (Fsp3) is 0.889. The smallest absolute Gasteiger partial charge is 0.282 e. The Kier molecular flexibility index (Phi) is 5.24. The lowest BCUT2D eigenvalue weighted by molar-refractivity contribution is -0.601. The first kappa shape index (κ1) is 25.4. The van der Waals surface area contributed by atoms with E-state index in [1.807, 2.05) is 0 Å². The van der Waals surface area contributed by atoms with Crippen molar-refractivity contribution in [3.05, 3.63) is 0 Å². The van der Waals surface area contributed by atoms with E-state index < -0.39 is 59.1 Å². The zero-order valence-electron chi connectivity index (χ0n) is 12.2. The standard InChI is InChI=1S/C9F17NO2/c10-1(28)2(11,12)7(21,22)27-8(23,24)3(13,5(15,16)17)29-4(14,6(18,19)20)9(27,25)26. The molecule has 0 aromatic carbocycles. The zero-order valence-corrected chi connectivity index (χ0v) is 12.2. The molecule has 1 saturated heterocycles. The molecule has 1 heterocycles. The predicted molar refractivity (Wildman–Crippen MR) is 48.6 cm³/mol. The number of ether oxygens (including phenoxy) is 1. The minimum atomic E-state index is -8.08. The maximum absolute atomic E-state index is 13.6. The van der Waals surface area contributed by atoms with Crippen LogP contribution in [-0.2, 0) is 9.53 Å². The van der Waals surface area contributed by atoms with Crippen molar-refractivity contribution in [3.8, 4) is 0 Å². The van der Waals surface area contributed by atoms with Gasteiger partial charge in [0, 0.05) is 0 Å². The maximum Gasteiger partial charge on any atom is 0.456 e. The maximum atomic E-state index is 13.6. The monoisotopic (exact) mass is 477 g/mol. The first-order chi connectivity index (χ1) is 12.3. The van der Waals surface area contributed by atoms with Crippen LogP contribution < -0.4 is 0 Å². The SMILES string of the molecule is O=C(F)C(F)(F)C(F)(F)N1C(F)(F)C(F)(C(F)(F)F)OC(F)(C(F)(F)F)C1(F)F. The minimum absolute atomic E-state index is 1.54. The van der Waals surface area contributed by atoms with Crippen LogP contribution in [0, 0.1) is 0 Å². The molecule has 0 amide bonds. The fourth-order valence-electron chi connectivity index (χ4n) is 1.85. The van der Waals surface area contributed by atoms with Crippen LogP contribution in [0.2, 0.25) is 0 Å². The second kappa shape index (κ2) is 5.97. The highest BCUT2D eigenvalue weighted by Crippen LogP contribution is 2.66. The molecule has 0 spiro atoms. The molecule has 1 fully saturated rings. The Hall–Kier alpha value is -1.60. The third-order valence-corrected chi connectivity index (χ3v) is 3.25. The van der Waals surface area contributed by atoms with Crippen molar-refractivity contribution in [2.45, 2.75) is 48.1 Å². The molecule has 0 saturated carbocycles. The summed E-state index contributed by atoms with van der Waals surface area (Å²) < 4.78 is 222. The van der Waals surface area contributed by atoms with E-state index in [2.05, 4.69) is 0 Å². The molecule has 29 heavy (non-hydrogen) atoms. The van der Waals surface area contributed by atoms with Gasteiger partial charge in [-0.2, -0.15) is 74.6 Å². The van der Waals surface area contributed by atoms with Crippen molar-refractivity contribution in [2.24, 2.45) is 0 Å². The first-order valence-corrected chi connectivity index (χ1v) is 6.00. The number of carbonyl (C=O) groups is 1. The molecule has 0 bridgehead atoms. The van der Waals surface area contributed by atoms with Gasteiger partial charge in [-0.3, -0.25) is 9.53 Å². The Morgan fingerprint density at radius 2 is 0.931 bits per heavy atom. The Labute approximate surface area is 145 Å². The molecule has 1 aliphatic heterocycles. The Morgan fingerprint density at radius 1 is 0.655 bits per heavy atom. The summed E-state index contributed by atoms with van der Waals surface area (Å²) in [5, 5.41) is 0. The number of morpholine rings is 1. The number of rotatable bonds is 3. The Bertz CT molecular complexity index is 643. The van der Waals surface area contributed by atoms with Crippen LogP contribution in [0.15, 0.2) is 0 Å². The molecule has 2 unspecified atom stereocenters. The van der Waals surface area contributed by atoms with E-state index in [1.54, 1.807) is 0 Å². The van der Waals surface area contributed by atoms with Crippen LogP contribution >= 0.6 is 0 Å². The molecule has 3 nitrogen and oxygen atoms in total. The summed E-state index contributed by atoms with van der Waals surface area (Å²) in [6.07, 6.45) is -15.5. The van der Waals surface area contributed by atoms with Crippen molar-refractivity contribution in [2.75, 3.05) is 0 Å². The predicted octanol–water partition coefficient (Wildman–Crippen LogP) is 4.68. The van der Waals surface area contributed by atoms with Crippen LogP contribution in [0.25, 0.3) is 0 Å².